The maximum absolute atomic E-state index is 12.1. The highest BCUT2D eigenvalue weighted by Gasteiger charge is 2.33. The molecule has 1 aromatic carbocycles. The van der Waals surface area contributed by atoms with Crippen molar-refractivity contribution in [2.45, 2.75) is 18.7 Å². The summed E-state index contributed by atoms with van der Waals surface area (Å²) in [6, 6.07) is 11.4. The van der Waals surface area contributed by atoms with Gasteiger partial charge in [0.05, 0.1) is 5.75 Å². The monoisotopic (exact) mass is 319 g/mol. The van der Waals surface area contributed by atoms with Gasteiger partial charge in [-0.3, -0.25) is 4.79 Å². The van der Waals surface area contributed by atoms with Crippen LogP contribution in [0.1, 0.15) is 20.7 Å². The number of thioether (sulfide) groups is 1. The summed E-state index contributed by atoms with van der Waals surface area (Å²) in [5.74, 6) is 1.06. The molecule has 1 saturated heterocycles. The van der Waals surface area contributed by atoms with Gasteiger partial charge in [0, 0.05) is 16.3 Å². The molecule has 2 aromatic rings. The van der Waals surface area contributed by atoms with Crippen molar-refractivity contribution in [3.8, 4) is 5.75 Å². The summed E-state index contributed by atoms with van der Waals surface area (Å²) in [5, 5.41) is 9.47. The smallest absolute Gasteiger partial charge is 0.233 e. The minimum absolute atomic E-state index is 0.160. The number of carbonyl (C=O) groups excluding carboxylic acids is 1. The van der Waals surface area contributed by atoms with E-state index in [0.717, 1.165) is 18.5 Å². The number of carbonyl (C=O) groups is 1. The zero-order valence-corrected chi connectivity index (χ0v) is 13.4. The molecule has 1 unspecified atom stereocenters. The van der Waals surface area contributed by atoms with E-state index in [9.17, 15) is 9.90 Å². The third kappa shape index (κ3) is 3.24. The van der Waals surface area contributed by atoms with Gasteiger partial charge >= 0.3 is 0 Å². The topological polar surface area (TPSA) is 40.5 Å². The van der Waals surface area contributed by atoms with Gasteiger partial charge in [0.1, 0.15) is 11.1 Å². The summed E-state index contributed by atoms with van der Waals surface area (Å²) >= 11 is 3.48. The SMILES string of the molecule is Cc1ccc(C2SCC(=O)N2CCc2ccc(O)cc2)s1. The Hall–Kier alpha value is -1.46. The molecular weight excluding hydrogens is 302 g/mol. The first-order valence-electron chi connectivity index (χ1n) is 6.89. The molecule has 1 fully saturated rings. The van der Waals surface area contributed by atoms with Gasteiger partial charge in [-0.25, -0.2) is 0 Å². The molecule has 5 heteroatoms. The second-order valence-electron chi connectivity index (χ2n) is 5.12. The third-order valence-corrected chi connectivity index (χ3v) is 5.99. The van der Waals surface area contributed by atoms with Gasteiger partial charge < -0.3 is 10.0 Å². The number of rotatable bonds is 4. The second-order valence-corrected chi connectivity index (χ2v) is 7.50. The van der Waals surface area contributed by atoms with E-state index in [1.54, 1.807) is 35.2 Å². The summed E-state index contributed by atoms with van der Waals surface area (Å²) in [6.45, 7) is 2.81. The number of hydrogen-bond acceptors (Lipinski definition) is 4. The van der Waals surface area contributed by atoms with E-state index in [2.05, 4.69) is 19.1 Å². The van der Waals surface area contributed by atoms with Gasteiger partial charge in [0.15, 0.2) is 0 Å². The molecule has 0 radical (unpaired) electrons. The highest BCUT2D eigenvalue weighted by Crippen LogP contribution is 2.41. The Morgan fingerprint density at radius 1 is 1.24 bits per heavy atom. The fourth-order valence-electron chi connectivity index (χ4n) is 2.43. The minimum atomic E-state index is 0.160. The van der Waals surface area contributed by atoms with Crippen LogP contribution < -0.4 is 0 Å². The number of aryl methyl sites for hydroxylation is 1. The van der Waals surface area contributed by atoms with Crippen molar-refractivity contribution in [2.24, 2.45) is 0 Å². The predicted octanol–water partition coefficient (Wildman–Crippen LogP) is 3.58. The Balaban J connectivity index is 1.70. The lowest BCUT2D eigenvalue weighted by Crippen LogP contribution is -2.30. The highest BCUT2D eigenvalue weighted by atomic mass is 32.2. The molecule has 0 aliphatic carbocycles. The van der Waals surface area contributed by atoms with Crippen LogP contribution in [0.3, 0.4) is 0 Å². The van der Waals surface area contributed by atoms with Gasteiger partial charge in [-0.05, 0) is 43.2 Å². The molecule has 1 amide bonds. The van der Waals surface area contributed by atoms with Crippen LogP contribution in [0.4, 0.5) is 0 Å². The maximum atomic E-state index is 12.1. The maximum Gasteiger partial charge on any atom is 0.233 e. The van der Waals surface area contributed by atoms with E-state index >= 15 is 0 Å². The molecule has 110 valence electrons. The molecule has 21 heavy (non-hydrogen) atoms. The van der Waals surface area contributed by atoms with Gasteiger partial charge in [-0.1, -0.05) is 12.1 Å². The average Bonchev–Trinajstić information content (AvgIpc) is 3.05. The quantitative estimate of drug-likeness (QED) is 0.936. The standard InChI is InChI=1S/C16H17NO2S2/c1-11-2-7-14(21-11)16-17(15(19)10-20-16)9-8-12-3-5-13(18)6-4-12/h2-7,16,18H,8-10H2,1H3. The van der Waals surface area contributed by atoms with Crippen LogP contribution in [-0.2, 0) is 11.2 Å². The van der Waals surface area contributed by atoms with E-state index < -0.39 is 0 Å². The fraction of sp³-hybridized carbons (Fsp3) is 0.312. The van der Waals surface area contributed by atoms with Crippen LogP contribution in [-0.4, -0.2) is 28.2 Å². The predicted molar refractivity (Wildman–Crippen MR) is 87.8 cm³/mol. The van der Waals surface area contributed by atoms with Crippen molar-refractivity contribution < 1.29 is 9.90 Å². The van der Waals surface area contributed by atoms with Gasteiger partial charge in [0.2, 0.25) is 5.91 Å². The molecule has 1 aliphatic heterocycles. The second kappa shape index (κ2) is 6.12. The number of phenolic OH excluding ortho intramolecular Hbond substituents is 1. The molecule has 0 saturated carbocycles. The van der Waals surface area contributed by atoms with Crippen molar-refractivity contribution in [1.82, 2.24) is 4.90 Å². The Morgan fingerprint density at radius 2 is 2.00 bits per heavy atom. The molecule has 0 spiro atoms. The van der Waals surface area contributed by atoms with Crippen LogP contribution in [0.5, 0.6) is 5.75 Å². The van der Waals surface area contributed by atoms with Gasteiger partial charge in [-0.15, -0.1) is 23.1 Å². The first-order valence-corrected chi connectivity index (χ1v) is 8.75. The zero-order chi connectivity index (χ0) is 14.8. The summed E-state index contributed by atoms with van der Waals surface area (Å²) in [6.07, 6.45) is 0.813. The van der Waals surface area contributed by atoms with Crippen LogP contribution in [0.2, 0.25) is 0 Å². The lowest BCUT2D eigenvalue weighted by Gasteiger charge is -2.23. The molecule has 1 aromatic heterocycles. The van der Waals surface area contributed by atoms with E-state index in [4.69, 9.17) is 0 Å². The van der Waals surface area contributed by atoms with Crippen molar-refractivity contribution in [3.63, 3.8) is 0 Å². The summed E-state index contributed by atoms with van der Waals surface area (Å²) in [7, 11) is 0. The third-order valence-electron chi connectivity index (χ3n) is 3.55. The van der Waals surface area contributed by atoms with Crippen LogP contribution in [0.15, 0.2) is 36.4 Å². The van der Waals surface area contributed by atoms with Crippen molar-refractivity contribution in [1.29, 1.82) is 0 Å². The number of aromatic hydroxyl groups is 1. The molecule has 3 rings (SSSR count). The number of amides is 1. The molecule has 1 N–H and O–H groups in total. The van der Waals surface area contributed by atoms with Crippen LogP contribution in [0.25, 0.3) is 0 Å². The fourth-order valence-corrected chi connectivity index (χ4v) is 4.76. The number of hydrogen-bond donors (Lipinski definition) is 1. The normalized spacial score (nSPS) is 18.4. The number of thiophene rings is 1. The van der Waals surface area contributed by atoms with Crippen molar-refractivity contribution in [3.05, 3.63) is 51.7 Å². The lowest BCUT2D eigenvalue weighted by atomic mass is 10.1. The van der Waals surface area contributed by atoms with E-state index in [1.165, 1.54) is 9.75 Å². The molecular formula is C16H17NO2S2. The number of benzene rings is 1. The van der Waals surface area contributed by atoms with Crippen LogP contribution in [0, 0.1) is 6.92 Å². The van der Waals surface area contributed by atoms with E-state index in [0.29, 0.717) is 5.75 Å². The average molecular weight is 319 g/mol. The Labute approximate surface area is 132 Å². The first kappa shape index (κ1) is 14.5. The number of phenols is 1. The number of nitrogens with zero attached hydrogens (tertiary/aromatic N) is 1. The van der Waals surface area contributed by atoms with Crippen LogP contribution >= 0.6 is 23.1 Å². The molecule has 1 aliphatic rings. The van der Waals surface area contributed by atoms with Crippen molar-refractivity contribution in [2.75, 3.05) is 12.3 Å². The van der Waals surface area contributed by atoms with E-state index in [1.807, 2.05) is 17.0 Å². The summed E-state index contributed by atoms with van der Waals surface area (Å²) in [5.41, 5.74) is 1.14. The zero-order valence-electron chi connectivity index (χ0n) is 11.8. The Kier molecular flexibility index (Phi) is 4.22. The summed E-state index contributed by atoms with van der Waals surface area (Å²) < 4.78 is 0. The minimum Gasteiger partial charge on any atom is -0.508 e. The summed E-state index contributed by atoms with van der Waals surface area (Å²) in [4.78, 5) is 16.6. The molecule has 0 bridgehead atoms. The van der Waals surface area contributed by atoms with Gasteiger partial charge in [0.25, 0.3) is 0 Å². The molecule has 1 atom stereocenters. The van der Waals surface area contributed by atoms with E-state index in [-0.39, 0.29) is 17.0 Å². The van der Waals surface area contributed by atoms with Crippen molar-refractivity contribution >= 4 is 29.0 Å². The Morgan fingerprint density at radius 3 is 2.67 bits per heavy atom. The Bertz CT molecular complexity index is 636. The molecule has 3 nitrogen and oxygen atoms in total. The van der Waals surface area contributed by atoms with Gasteiger partial charge in [-0.2, -0.15) is 0 Å². The lowest BCUT2D eigenvalue weighted by molar-refractivity contribution is -0.127. The largest absolute Gasteiger partial charge is 0.508 e. The highest BCUT2D eigenvalue weighted by molar-refractivity contribution is 8.00. The molecule has 2 heterocycles. The first-order chi connectivity index (χ1) is 10.1.